The zero-order valence-corrected chi connectivity index (χ0v) is 14.9. The van der Waals surface area contributed by atoms with Crippen LogP contribution in [0.4, 0.5) is 11.4 Å². The van der Waals surface area contributed by atoms with Crippen LogP contribution in [0.3, 0.4) is 0 Å². The van der Waals surface area contributed by atoms with Crippen molar-refractivity contribution in [3.8, 4) is 5.75 Å². The molecule has 142 valence electrons. The number of nitrogens with two attached hydrogens (primary N) is 1. The number of ether oxygens (including phenoxy) is 2. The Morgan fingerprint density at radius 2 is 1.93 bits per heavy atom. The van der Waals surface area contributed by atoms with Crippen LogP contribution in [-0.2, 0) is 9.53 Å². The molecule has 0 aliphatic carbocycles. The van der Waals surface area contributed by atoms with E-state index in [9.17, 15) is 9.59 Å². The zero-order chi connectivity index (χ0) is 19.1. The van der Waals surface area contributed by atoms with E-state index < -0.39 is 5.91 Å². The number of para-hydroxylation sites is 1. The van der Waals surface area contributed by atoms with Gasteiger partial charge in [0.2, 0.25) is 5.91 Å². The van der Waals surface area contributed by atoms with E-state index in [2.05, 4.69) is 10.6 Å². The second kappa shape index (κ2) is 9.05. The minimum absolute atomic E-state index is 0.0587. The van der Waals surface area contributed by atoms with Crippen LogP contribution >= 0.6 is 0 Å². The number of primary amides is 1. The summed E-state index contributed by atoms with van der Waals surface area (Å²) < 4.78 is 11.2. The Kier molecular flexibility index (Phi) is 6.27. The number of benzene rings is 2. The quantitative estimate of drug-likeness (QED) is 0.663. The van der Waals surface area contributed by atoms with Crippen molar-refractivity contribution in [2.75, 3.05) is 30.4 Å². The van der Waals surface area contributed by atoms with Crippen LogP contribution in [0.25, 0.3) is 0 Å². The highest BCUT2D eigenvalue weighted by Crippen LogP contribution is 2.19. The smallest absolute Gasteiger partial charge is 0.250 e. The third-order valence-electron chi connectivity index (χ3n) is 4.23. The van der Waals surface area contributed by atoms with Gasteiger partial charge in [0.1, 0.15) is 12.4 Å². The molecular formula is C20H23N3O4. The molecule has 1 saturated heterocycles. The maximum atomic E-state index is 12.1. The largest absolute Gasteiger partial charge is 0.491 e. The first-order chi connectivity index (χ1) is 13.1. The lowest BCUT2D eigenvalue weighted by molar-refractivity contribution is -0.114. The van der Waals surface area contributed by atoms with Crippen molar-refractivity contribution in [3.63, 3.8) is 0 Å². The zero-order valence-electron chi connectivity index (χ0n) is 14.9. The summed E-state index contributed by atoms with van der Waals surface area (Å²) in [5.74, 6) is -0.101. The maximum Gasteiger partial charge on any atom is 0.250 e. The third kappa shape index (κ3) is 5.46. The Bertz CT molecular complexity index is 786. The monoisotopic (exact) mass is 369 g/mol. The van der Waals surface area contributed by atoms with Gasteiger partial charge >= 0.3 is 0 Å². The minimum atomic E-state index is -0.586. The van der Waals surface area contributed by atoms with Crippen molar-refractivity contribution in [2.24, 2.45) is 5.73 Å². The van der Waals surface area contributed by atoms with Crippen LogP contribution in [0.5, 0.6) is 5.75 Å². The first kappa shape index (κ1) is 18.7. The molecule has 1 atom stereocenters. The van der Waals surface area contributed by atoms with Crippen LogP contribution in [0.15, 0.2) is 48.5 Å². The van der Waals surface area contributed by atoms with Gasteiger partial charge in [0.15, 0.2) is 0 Å². The Morgan fingerprint density at radius 1 is 1.15 bits per heavy atom. The van der Waals surface area contributed by atoms with Crippen LogP contribution in [0, 0.1) is 0 Å². The number of carbonyl (C=O) groups is 2. The van der Waals surface area contributed by atoms with E-state index in [0.717, 1.165) is 30.9 Å². The Balaban J connectivity index is 1.46. The summed E-state index contributed by atoms with van der Waals surface area (Å²) in [4.78, 5) is 23.5. The van der Waals surface area contributed by atoms with Crippen LogP contribution in [0.1, 0.15) is 23.2 Å². The lowest BCUT2D eigenvalue weighted by Crippen LogP contribution is -2.24. The Labute approximate surface area is 157 Å². The number of anilines is 2. The van der Waals surface area contributed by atoms with Gasteiger partial charge in [-0.3, -0.25) is 9.59 Å². The minimum Gasteiger partial charge on any atom is -0.491 e. The van der Waals surface area contributed by atoms with E-state index in [1.165, 1.54) is 0 Å². The van der Waals surface area contributed by atoms with Gasteiger partial charge in [-0.1, -0.05) is 12.1 Å². The van der Waals surface area contributed by atoms with Gasteiger partial charge in [-0.2, -0.15) is 0 Å². The number of hydrogen-bond acceptors (Lipinski definition) is 5. The molecule has 1 aliphatic heterocycles. The molecule has 1 aliphatic rings. The molecular weight excluding hydrogens is 346 g/mol. The summed E-state index contributed by atoms with van der Waals surface area (Å²) in [5, 5.41) is 5.71. The average molecular weight is 369 g/mol. The number of amides is 2. The third-order valence-corrected chi connectivity index (χ3v) is 4.23. The van der Waals surface area contributed by atoms with Crippen molar-refractivity contribution >= 4 is 23.2 Å². The fraction of sp³-hybridized carbons (Fsp3) is 0.300. The van der Waals surface area contributed by atoms with Gasteiger partial charge < -0.3 is 25.8 Å². The SMILES string of the molecule is NC(=O)c1ccccc1NC(=O)CNc1ccc(OCC2CCCO2)cc1. The highest BCUT2D eigenvalue weighted by molar-refractivity contribution is 6.03. The summed E-state index contributed by atoms with van der Waals surface area (Å²) in [6, 6.07) is 14.0. The van der Waals surface area contributed by atoms with Crippen molar-refractivity contribution in [1.29, 1.82) is 0 Å². The summed E-state index contributed by atoms with van der Waals surface area (Å²) in [7, 11) is 0. The number of hydrogen-bond donors (Lipinski definition) is 3. The normalized spacial score (nSPS) is 15.9. The molecule has 1 unspecified atom stereocenters. The van der Waals surface area contributed by atoms with E-state index in [4.69, 9.17) is 15.2 Å². The summed E-state index contributed by atoms with van der Waals surface area (Å²) >= 11 is 0. The van der Waals surface area contributed by atoms with Gasteiger partial charge in [0.25, 0.3) is 5.91 Å². The van der Waals surface area contributed by atoms with E-state index in [0.29, 0.717) is 12.3 Å². The number of carbonyl (C=O) groups excluding carboxylic acids is 2. The molecule has 4 N–H and O–H groups in total. The van der Waals surface area contributed by atoms with Gasteiger partial charge in [-0.05, 0) is 49.2 Å². The van der Waals surface area contributed by atoms with Gasteiger partial charge in [0, 0.05) is 12.3 Å². The van der Waals surface area contributed by atoms with Crippen molar-refractivity contribution in [3.05, 3.63) is 54.1 Å². The van der Waals surface area contributed by atoms with Gasteiger partial charge in [-0.25, -0.2) is 0 Å². The van der Waals surface area contributed by atoms with Crippen LogP contribution < -0.4 is 21.1 Å². The average Bonchev–Trinajstić information content (AvgIpc) is 3.19. The van der Waals surface area contributed by atoms with E-state index in [1.54, 1.807) is 24.3 Å². The standard InChI is InChI=1S/C20H23N3O4/c21-20(25)17-5-1-2-6-18(17)23-19(24)12-22-14-7-9-15(10-8-14)27-13-16-4-3-11-26-16/h1-2,5-10,16,22H,3-4,11-13H2,(H2,21,25)(H,23,24). The van der Waals surface area contributed by atoms with E-state index >= 15 is 0 Å². The molecule has 2 aromatic rings. The second-order valence-electron chi connectivity index (χ2n) is 6.28. The van der Waals surface area contributed by atoms with Crippen LogP contribution in [-0.4, -0.2) is 37.7 Å². The first-order valence-corrected chi connectivity index (χ1v) is 8.89. The molecule has 27 heavy (non-hydrogen) atoms. The molecule has 2 amide bonds. The van der Waals surface area contributed by atoms with Gasteiger partial charge in [0.05, 0.1) is 23.9 Å². The lowest BCUT2D eigenvalue weighted by atomic mass is 10.1. The van der Waals surface area contributed by atoms with E-state index in [1.807, 2.05) is 24.3 Å². The molecule has 0 radical (unpaired) electrons. The highest BCUT2D eigenvalue weighted by atomic mass is 16.5. The molecule has 0 spiro atoms. The summed E-state index contributed by atoms with van der Waals surface area (Å²) in [5.41, 5.74) is 6.77. The molecule has 0 bridgehead atoms. The van der Waals surface area contributed by atoms with Crippen molar-refractivity contribution in [1.82, 2.24) is 0 Å². The Morgan fingerprint density at radius 3 is 2.63 bits per heavy atom. The maximum absolute atomic E-state index is 12.1. The summed E-state index contributed by atoms with van der Waals surface area (Å²) in [6.07, 6.45) is 2.30. The molecule has 7 heteroatoms. The molecule has 1 heterocycles. The molecule has 0 aromatic heterocycles. The number of rotatable bonds is 8. The first-order valence-electron chi connectivity index (χ1n) is 8.89. The molecule has 0 saturated carbocycles. The highest BCUT2D eigenvalue weighted by Gasteiger charge is 2.16. The fourth-order valence-electron chi connectivity index (χ4n) is 2.82. The van der Waals surface area contributed by atoms with Crippen molar-refractivity contribution in [2.45, 2.75) is 18.9 Å². The predicted octanol–water partition coefficient (Wildman–Crippen LogP) is 2.39. The summed E-state index contributed by atoms with van der Waals surface area (Å²) in [6.45, 7) is 1.42. The Hall–Kier alpha value is -3.06. The fourth-order valence-corrected chi connectivity index (χ4v) is 2.82. The topological polar surface area (TPSA) is 103 Å². The molecule has 1 fully saturated rings. The predicted molar refractivity (Wildman–Crippen MR) is 103 cm³/mol. The van der Waals surface area contributed by atoms with E-state index in [-0.39, 0.29) is 24.1 Å². The molecule has 7 nitrogen and oxygen atoms in total. The second-order valence-corrected chi connectivity index (χ2v) is 6.28. The molecule has 3 rings (SSSR count). The van der Waals surface area contributed by atoms with Gasteiger partial charge in [-0.15, -0.1) is 0 Å². The molecule has 2 aromatic carbocycles. The van der Waals surface area contributed by atoms with Crippen LogP contribution in [0.2, 0.25) is 0 Å². The van der Waals surface area contributed by atoms with Crippen molar-refractivity contribution < 1.29 is 19.1 Å². The number of nitrogens with one attached hydrogen (secondary N) is 2. The lowest BCUT2D eigenvalue weighted by Gasteiger charge is -2.12.